The Morgan fingerprint density at radius 2 is 1.58 bits per heavy atom. The predicted molar refractivity (Wildman–Crippen MR) is 130 cm³/mol. The van der Waals surface area contributed by atoms with Gasteiger partial charge in [0.1, 0.15) is 17.2 Å². The number of aryl methyl sites for hydroxylation is 2. The molecule has 7 heteroatoms. The van der Waals surface area contributed by atoms with Crippen LogP contribution in [0.25, 0.3) is 5.57 Å². The summed E-state index contributed by atoms with van der Waals surface area (Å²) in [7, 11) is 3.05. The maximum Gasteiger partial charge on any atom is 0.282 e. The van der Waals surface area contributed by atoms with Crippen molar-refractivity contribution in [3.8, 4) is 11.5 Å². The Hall–Kier alpha value is -3.77. The van der Waals surface area contributed by atoms with Gasteiger partial charge in [-0.15, -0.1) is 0 Å². The standard InChI is InChI=1S/C26H23ClN2O4/c1-15-9-10-16(2)20(13-15)29-25(30)23(18-7-5-6-8-21(18)32-3)24(26(29)31)28-17-11-12-22(33-4)19(27)14-17/h5-14,28H,1-4H3. The Balaban J connectivity index is 1.88. The van der Waals surface area contributed by atoms with Gasteiger partial charge in [0.15, 0.2) is 0 Å². The van der Waals surface area contributed by atoms with Crippen LogP contribution in [0.3, 0.4) is 0 Å². The number of hydrogen-bond donors (Lipinski definition) is 1. The number of rotatable bonds is 6. The molecule has 0 fully saturated rings. The number of carbonyl (C=O) groups excluding carboxylic acids is 2. The first kappa shape index (κ1) is 22.4. The smallest absolute Gasteiger partial charge is 0.282 e. The molecular weight excluding hydrogens is 440 g/mol. The van der Waals surface area contributed by atoms with E-state index in [0.717, 1.165) is 11.1 Å². The summed E-state index contributed by atoms with van der Waals surface area (Å²) in [6.45, 7) is 3.79. The molecule has 1 aliphatic rings. The number of benzene rings is 3. The van der Waals surface area contributed by atoms with Crippen LogP contribution in [0, 0.1) is 13.8 Å². The van der Waals surface area contributed by atoms with Gasteiger partial charge in [-0.05, 0) is 55.3 Å². The molecule has 33 heavy (non-hydrogen) atoms. The van der Waals surface area contributed by atoms with Crippen LogP contribution in [-0.2, 0) is 9.59 Å². The molecule has 0 saturated carbocycles. The zero-order valence-corrected chi connectivity index (χ0v) is 19.5. The monoisotopic (exact) mass is 462 g/mol. The van der Waals surface area contributed by atoms with Gasteiger partial charge < -0.3 is 14.8 Å². The Morgan fingerprint density at radius 3 is 2.27 bits per heavy atom. The summed E-state index contributed by atoms with van der Waals surface area (Å²) in [5.41, 5.74) is 3.74. The molecule has 168 valence electrons. The minimum atomic E-state index is -0.457. The van der Waals surface area contributed by atoms with Crippen LogP contribution in [0.15, 0.2) is 66.4 Å². The van der Waals surface area contributed by atoms with Crippen LogP contribution in [-0.4, -0.2) is 26.0 Å². The summed E-state index contributed by atoms with van der Waals surface area (Å²) in [6.07, 6.45) is 0. The van der Waals surface area contributed by atoms with E-state index in [1.165, 1.54) is 19.1 Å². The molecule has 0 aliphatic carbocycles. The highest BCUT2D eigenvalue weighted by Crippen LogP contribution is 2.39. The van der Waals surface area contributed by atoms with E-state index >= 15 is 0 Å². The van der Waals surface area contributed by atoms with Crippen LogP contribution < -0.4 is 19.7 Å². The minimum absolute atomic E-state index is 0.145. The van der Waals surface area contributed by atoms with Crippen molar-refractivity contribution in [1.29, 1.82) is 0 Å². The molecule has 1 N–H and O–H groups in total. The number of nitrogens with zero attached hydrogens (tertiary/aromatic N) is 1. The minimum Gasteiger partial charge on any atom is -0.496 e. The maximum atomic E-state index is 13.7. The number of carbonyl (C=O) groups is 2. The second kappa shape index (κ2) is 9.00. The lowest BCUT2D eigenvalue weighted by Gasteiger charge is -2.18. The highest BCUT2D eigenvalue weighted by atomic mass is 35.5. The fraction of sp³-hybridized carbons (Fsp3) is 0.154. The Morgan fingerprint density at radius 1 is 0.848 bits per heavy atom. The van der Waals surface area contributed by atoms with Crippen LogP contribution in [0.2, 0.25) is 5.02 Å². The van der Waals surface area contributed by atoms with Gasteiger partial charge in [-0.25, -0.2) is 4.90 Å². The normalized spacial score (nSPS) is 13.5. The zero-order valence-electron chi connectivity index (χ0n) is 18.7. The van der Waals surface area contributed by atoms with Gasteiger partial charge in [-0.3, -0.25) is 9.59 Å². The van der Waals surface area contributed by atoms with Gasteiger partial charge in [0, 0.05) is 11.3 Å². The number of amides is 2. The zero-order chi connectivity index (χ0) is 23.7. The number of nitrogens with one attached hydrogen (secondary N) is 1. The maximum absolute atomic E-state index is 13.7. The number of halogens is 1. The topological polar surface area (TPSA) is 67.9 Å². The summed E-state index contributed by atoms with van der Waals surface area (Å²) in [6, 6.07) is 17.8. The van der Waals surface area contributed by atoms with E-state index in [9.17, 15) is 9.59 Å². The predicted octanol–water partition coefficient (Wildman–Crippen LogP) is 5.37. The Bertz CT molecular complexity index is 1300. The summed E-state index contributed by atoms with van der Waals surface area (Å²) in [4.78, 5) is 28.6. The molecule has 1 heterocycles. The van der Waals surface area contributed by atoms with Crippen molar-refractivity contribution >= 4 is 40.4 Å². The van der Waals surface area contributed by atoms with Crippen LogP contribution in [0.1, 0.15) is 16.7 Å². The molecule has 6 nitrogen and oxygen atoms in total. The largest absolute Gasteiger partial charge is 0.496 e. The molecule has 2 amide bonds. The second-order valence-electron chi connectivity index (χ2n) is 7.66. The molecule has 0 unspecified atom stereocenters. The average Bonchev–Trinajstić information content (AvgIpc) is 3.04. The van der Waals surface area contributed by atoms with Crippen molar-refractivity contribution in [1.82, 2.24) is 0 Å². The number of anilines is 2. The molecule has 0 atom stereocenters. The molecule has 0 aromatic heterocycles. The quantitative estimate of drug-likeness (QED) is 0.499. The number of imide groups is 1. The highest BCUT2D eigenvalue weighted by molar-refractivity contribution is 6.46. The summed E-state index contributed by atoms with van der Waals surface area (Å²) >= 11 is 6.28. The van der Waals surface area contributed by atoms with Gasteiger partial charge >= 0.3 is 0 Å². The van der Waals surface area contributed by atoms with Gasteiger partial charge in [0.2, 0.25) is 0 Å². The van der Waals surface area contributed by atoms with E-state index < -0.39 is 11.8 Å². The van der Waals surface area contributed by atoms with Gasteiger partial charge in [-0.2, -0.15) is 0 Å². The summed E-state index contributed by atoms with van der Waals surface area (Å²) in [5, 5.41) is 3.50. The van der Waals surface area contributed by atoms with E-state index in [1.807, 2.05) is 38.1 Å². The van der Waals surface area contributed by atoms with E-state index in [-0.39, 0.29) is 11.3 Å². The summed E-state index contributed by atoms with van der Waals surface area (Å²) in [5.74, 6) is 0.109. The molecule has 3 aromatic carbocycles. The van der Waals surface area contributed by atoms with Crippen molar-refractivity contribution in [2.75, 3.05) is 24.4 Å². The molecule has 0 bridgehead atoms. The molecule has 0 radical (unpaired) electrons. The molecule has 3 aromatic rings. The van der Waals surface area contributed by atoms with E-state index in [2.05, 4.69) is 5.32 Å². The number of ether oxygens (including phenoxy) is 2. The average molecular weight is 463 g/mol. The van der Waals surface area contributed by atoms with Crippen LogP contribution >= 0.6 is 11.6 Å². The van der Waals surface area contributed by atoms with Crippen molar-refractivity contribution in [2.45, 2.75) is 13.8 Å². The third-order valence-corrected chi connectivity index (χ3v) is 5.78. The van der Waals surface area contributed by atoms with Gasteiger partial charge in [0.25, 0.3) is 11.8 Å². The van der Waals surface area contributed by atoms with Crippen LogP contribution in [0.5, 0.6) is 11.5 Å². The molecule has 1 aliphatic heterocycles. The van der Waals surface area contributed by atoms with Gasteiger partial charge in [-0.1, -0.05) is 41.9 Å². The Kier molecular flexibility index (Phi) is 6.11. The fourth-order valence-corrected chi connectivity index (χ4v) is 4.07. The number of para-hydroxylation sites is 1. The first-order valence-electron chi connectivity index (χ1n) is 10.3. The SMILES string of the molecule is COc1ccc(NC2=C(c3ccccc3OC)C(=O)N(c3cc(C)ccc3C)C2=O)cc1Cl. The first-order valence-corrected chi connectivity index (χ1v) is 10.7. The summed E-state index contributed by atoms with van der Waals surface area (Å²) < 4.78 is 10.7. The third kappa shape index (κ3) is 4.05. The molecule has 4 rings (SSSR count). The second-order valence-corrected chi connectivity index (χ2v) is 8.07. The molecule has 0 saturated heterocycles. The van der Waals surface area contributed by atoms with E-state index in [0.29, 0.717) is 33.5 Å². The first-order chi connectivity index (χ1) is 15.8. The lowest BCUT2D eigenvalue weighted by molar-refractivity contribution is -0.120. The number of methoxy groups -OCH3 is 2. The van der Waals surface area contributed by atoms with E-state index in [4.69, 9.17) is 21.1 Å². The van der Waals surface area contributed by atoms with Crippen molar-refractivity contribution in [3.05, 3.63) is 88.1 Å². The van der Waals surface area contributed by atoms with Crippen LogP contribution in [0.4, 0.5) is 11.4 Å². The molecule has 0 spiro atoms. The van der Waals surface area contributed by atoms with Gasteiger partial charge in [0.05, 0.1) is 30.5 Å². The Labute approximate surface area is 197 Å². The van der Waals surface area contributed by atoms with Crippen molar-refractivity contribution in [2.24, 2.45) is 0 Å². The van der Waals surface area contributed by atoms with E-state index in [1.54, 1.807) is 36.4 Å². The fourth-order valence-electron chi connectivity index (χ4n) is 3.81. The number of hydrogen-bond acceptors (Lipinski definition) is 5. The lowest BCUT2D eigenvalue weighted by Crippen LogP contribution is -2.33. The van der Waals surface area contributed by atoms with Crippen molar-refractivity contribution < 1.29 is 19.1 Å². The molecular formula is C26H23ClN2O4. The highest BCUT2D eigenvalue weighted by Gasteiger charge is 2.41. The third-order valence-electron chi connectivity index (χ3n) is 5.49. The van der Waals surface area contributed by atoms with Crippen molar-refractivity contribution in [3.63, 3.8) is 0 Å². The lowest BCUT2D eigenvalue weighted by atomic mass is 10.0.